The Kier molecular flexibility index (Phi) is 3.94. The number of hydrogen-bond acceptors (Lipinski definition) is 7. The second-order valence-electron chi connectivity index (χ2n) is 4.86. The number of nitrogen functional groups attached to an aromatic ring is 1. The van der Waals surface area contributed by atoms with Crippen molar-refractivity contribution in [1.82, 2.24) is 0 Å². The second-order valence-corrected chi connectivity index (χ2v) is 7.81. The largest absolute Gasteiger partial charge is 0.396 e. The molecule has 7 nitrogen and oxygen atoms in total. The summed E-state index contributed by atoms with van der Waals surface area (Å²) in [5.74, 6) is -0.749. The summed E-state index contributed by atoms with van der Waals surface area (Å²) < 4.78 is 23.8. The van der Waals surface area contributed by atoms with Crippen molar-refractivity contribution in [1.29, 1.82) is 0 Å². The van der Waals surface area contributed by atoms with Gasteiger partial charge in [-0.05, 0) is 12.8 Å². The lowest BCUT2D eigenvalue weighted by Gasteiger charge is -2.31. The van der Waals surface area contributed by atoms with Crippen molar-refractivity contribution in [3.8, 4) is 0 Å². The molecule has 1 unspecified atom stereocenters. The third-order valence-corrected chi connectivity index (χ3v) is 5.73. The first-order valence-electron chi connectivity index (χ1n) is 6.07. The van der Waals surface area contributed by atoms with E-state index < -0.39 is 21.8 Å². The van der Waals surface area contributed by atoms with Crippen LogP contribution in [0.2, 0.25) is 0 Å². The van der Waals surface area contributed by atoms with E-state index in [9.17, 15) is 18.3 Å². The van der Waals surface area contributed by atoms with Gasteiger partial charge < -0.3 is 21.5 Å². The number of β-amino-alcohol motifs (C(OH)–C–C–N with tert-alkyl or cyclic N) is 1. The minimum atomic E-state index is -3.59. The molecular formula is C11H17N3O4S2. The van der Waals surface area contributed by atoms with Gasteiger partial charge in [0.05, 0.1) is 11.8 Å². The van der Waals surface area contributed by atoms with Crippen LogP contribution in [0.1, 0.15) is 22.5 Å². The Morgan fingerprint density at radius 1 is 1.50 bits per heavy atom. The third-order valence-electron chi connectivity index (χ3n) is 3.16. The van der Waals surface area contributed by atoms with E-state index in [0.717, 1.165) is 24.0 Å². The topological polar surface area (TPSA) is 127 Å². The van der Waals surface area contributed by atoms with Crippen molar-refractivity contribution in [2.75, 3.05) is 30.0 Å². The summed E-state index contributed by atoms with van der Waals surface area (Å²) in [4.78, 5) is 13.1. The number of amides is 1. The number of nitrogens with zero attached hydrogens (tertiary/aromatic N) is 1. The van der Waals surface area contributed by atoms with Crippen LogP contribution in [0, 0.1) is 0 Å². The summed E-state index contributed by atoms with van der Waals surface area (Å²) in [7, 11) is -3.59. The molecule has 112 valence electrons. The van der Waals surface area contributed by atoms with Crippen LogP contribution in [-0.4, -0.2) is 44.9 Å². The van der Waals surface area contributed by atoms with Gasteiger partial charge in [0.1, 0.15) is 14.8 Å². The van der Waals surface area contributed by atoms with Crippen molar-refractivity contribution in [2.24, 2.45) is 5.73 Å². The lowest BCUT2D eigenvalue weighted by Crippen LogP contribution is -2.38. The van der Waals surface area contributed by atoms with E-state index in [0.29, 0.717) is 24.5 Å². The molecule has 1 aromatic rings. The highest BCUT2D eigenvalue weighted by Crippen LogP contribution is 2.42. The highest BCUT2D eigenvalue weighted by Gasteiger charge is 2.31. The normalized spacial score (nSPS) is 20.1. The van der Waals surface area contributed by atoms with Crippen LogP contribution in [0.5, 0.6) is 0 Å². The van der Waals surface area contributed by atoms with Crippen LogP contribution >= 0.6 is 11.3 Å². The molecular weight excluding hydrogens is 302 g/mol. The number of aliphatic hydroxyl groups is 1. The zero-order valence-corrected chi connectivity index (χ0v) is 12.6. The highest BCUT2D eigenvalue weighted by atomic mass is 32.2. The number of carbonyl (C=O) groups excluding carboxylic acids is 1. The van der Waals surface area contributed by atoms with Crippen molar-refractivity contribution >= 4 is 37.8 Å². The number of rotatable bonds is 3. The maximum atomic E-state index is 11.9. The third kappa shape index (κ3) is 2.74. The molecule has 20 heavy (non-hydrogen) atoms. The van der Waals surface area contributed by atoms with E-state index in [1.807, 2.05) is 0 Å². The fourth-order valence-corrected chi connectivity index (χ4v) is 4.90. The van der Waals surface area contributed by atoms with Crippen molar-refractivity contribution in [3.05, 3.63) is 4.88 Å². The molecule has 1 atom stereocenters. The molecule has 1 fully saturated rings. The first-order chi connectivity index (χ1) is 9.21. The maximum absolute atomic E-state index is 11.9. The molecule has 5 N–H and O–H groups in total. The molecule has 0 aromatic carbocycles. The molecule has 0 radical (unpaired) electrons. The fraction of sp³-hybridized carbons (Fsp3) is 0.545. The monoisotopic (exact) mass is 319 g/mol. The number of hydrogen-bond donors (Lipinski definition) is 3. The van der Waals surface area contributed by atoms with Crippen molar-refractivity contribution in [3.63, 3.8) is 0 Å². The molecule has 2 heterocycles. The SMILES string of the molecule is CS(=O)(=O)c1c(N2CCCC(O)C2)sc(C(N)=O)c1N. The van der Waals surface area contributed by atoms with E-state index >= 15 is 0 Å². The Labute approximate surface area is 121 Å². The van der Waals surface area contributed by atoms with Crippen molar-refractivity contribution < 1.29 is 18.3 Å². The predicted octanol–water partition coefficient (Wildman–Crippen LogP) is -0.206. The van der Waals surface area contributed by atoms with Crippen LogP contribution in [0.4, 0.5) is 10.7 Å². The van der Waals surface area contributed by atoms with E-state index in [1.54, 1.807) is 4.90 Å². The molecule has 0 aliphatic carbocycles. The van der Waals surface area contributed by atoms with Crippen LogP contribution in [-0.2, 0) is 9.84 Å². The standard InChI is InChI=1S/C11H17N3O4S2/c1-20(17,18)9-7(12)8(10(13)16)19-11(9)14-4-2-3-6(15)5-14/h6,15H,2-5,12H2,1H3,(H2,13,16). The second kappa shape index (κ2) is 5.23. The van der Waals surface area contributed by atoms with Gasteiger partial charge in [0, 0.05) is 19.3 Å². The number of primary amides is 1. The summed E-state index contributed by atoms with van der Waals surface area (Å²) in [6, 6.07) is 0. The van der Waals surface area contributed by atoms with Crippen LogP contribution in [0.25, 0.3) is 0 Å². The fourth-order valence-electron chi connectivity index (χ4n) is 2.31. The summed E-state index contributed by atoms with van der Waals surface area (Å²) in [6.45, 7) is 0.929. The minimum absolute atomic E-state index is 0.0421. The molecule has 0 spiro atoms. The van der Waals surface area contributed by atoms with Crippen molar-refractivity contribution in [2.45, 2.75) is 23.8 Å². The van der Waals surface area contributed by atoms with E-state index in [4.69, 9.17) is 11.5 Å². The lowest BCUT2D eigenvalue weighted by molar-refractivity contribution is 0.100. The Bertz CT molecular complexity index is 638. The molecule has 0 saturated carbocycles. The van der Waals surface area contributed by atoms with Gasteiger partial charge in [-0.15, -0.1) is 11.3 Å². The summed E-state index contributed by atoms with van der Waals surface area (Å²) >= 11 is 0.966. The molecule has 9 heteroatoms. The van der Waals surface area contributed by atoms with E-state index in [2.05, 4.69) is 0 Å². The summed E-state index contributed by atoms with van der Waals surface area (Å²) in [5, 5.41) is 10.1. The van der Waals surface area contributed by atoms with Crippen LogP contribution in [0.3, 0.4) is 0 Å². The zero-order chi connectivity index (χ0) is 15.1. The first kappa shape index (κ1) is 15.1. The average Bonchev–Trinajstić information content (AvgIpc) is 2.66. The number of anilines is 2. The molecule has 1 aliphatic heterocycles. The Balaban J connectivity index is 2.57. The van der Waals surface area contributed by atoms with E-state index in [1.165, 1.54) is 0 Å². The number of aliphatic hydroxyl groups excluding tert-OH is 1. The number of nitrogens with two attached hydrogens (primary N) is 2. The summed E-state index contributed by atoms with van der Waals surface area (Å²) in [6.07, 6.45) is 1.94. The van der Waals surface area contributed by atoms with Gasteiger partial charge in [0.15, 0.2) is 9.84 Å². The molecule has 2 rings (SSSR count). The highest BCUT2D eigenvalue weighted by molar-refractivity contribution is 7.91. The minimum Gasteiger partial charge on any atom is -0.396 e. The molecule has 1 aliphatic rings. The smallest absolute Gasteiger partial charge is 0.261 e. The van der Waals surface area contributed by atoms with Gasteiger partial charge in [-0.1, -0.05) is 0 Å². The first-order valence-corrected chi connectivity index (χ1v) is 8.77. The zero-order valence-electron chi connectivity index (χ0n) is 11.0. The molecule has 0 bridgehead atoms. The molecule has 1 aromatic heterocycles. The number of piperidine rings is 1. The van der Waals surface area contributed by atoms with Crippen LogP contribution in [0.15, 0.2) is 4.90 Å². The molecule has 1 saturated heterocycles. The predicted molar refractivity (Wildman–Crippen MR) is 77.8 cm³/mol. The van der Waals surface area contributed by atoms with Gasteiger partial charge in [-0.25, -0.2) is 8.42 Å². The number of carbonyl (C=O) groups is 1. The van der Waals surface area contributed by atoms with Gasteiger partial charge in [-0.3, -0.25) is 4.79 Å². The quantitative estimate of drug-likeness (QED) is 0.708. The van der Waals surface area contributed by atoms with E-state index in [-0.39, 0.29) is 15.5 Å². The van der Waals surface area contributed by atoms with Gasteiger partial charge in [0.25, 0.3) is 5.91 Å². The van der Waals surface area contributed by atoms with Gasteiger partial charge >= 0.3 is 0 Å². The average molecular weight is 319 g/mol. The summed E-state index contributed by atoms with van der Waals surface area (Å²) in [5.41, 5.74) is 10.9. The van der Waals surface area contributed by atoms with Gasteiger partial charge in [0.2, 0.25) is 0 Å². The number of sulfone groups is 1. The Morgan fingerprint density at radius 2 is 2.15 bits per heavy atom. The Morgan fingerprint density at radius 3 is 2.65 bits per heavy atom. The number of thiophene rings is 1. The molecule has 1 amide bonds. The lowest BCUT2D eigenvalue weighted by atomic mass is 10.1. The Hall–Kier alpha value is -1.32. The maximum Gasteiger partial charge on any atom is 0.261 e. The van der Waals surface area contributed by atoms with Crippen LogP contribution < -0.4 is 16.4 Å². The van der Waals surface area contributed by atoms with Gasteiger partial charge in [-0.2, -0.15) is 0 Å².